The van der Waals surface area contributed by atoms with Gasteiger partial charge < -0.3 is 9.80 Å². The summed E-state index contributed by atoms with van der Waals surface area (Å²) in [6, 6.07) is 1.90. The summed E-state index contributed by atoms with van der Waals surface area (Å²) in [5.74, 6) is -1.06. The molecule has 0 aromatic heterocycles. The lowest BCUT2D eigenvalue weighted by atomic mass is 10.2. The maximum Gasteiger partial charge on any atom is 0.313 e. The lowest BCUT2D eigenvalue weighted by Crippen LogP contribution is -2.56. The van der Waals surface area contributed by atoms with Crippen LogP contribution in [0.4, 0.5) is 0 Å². The summed E-state index contributed by atoms with van der Waals surface area (Å²) < 4.78 is 0. The fraction of sp³-hybridized carbons (Fsp3) is 0.667. The summed E-state index contributed by atoms with van der Waals surface area (Å²) in [7, 11) is 0. The highest BCUT2D eigenvalue weighted by atomic mass is 16.2. The van der Waals surface area contributed by atoms with Crippen molar-refractivity contribution in [2.24, 2.45) is 0 Å². The largest absolute Gasteiger partial charge is 0.330 e. The molecule has 1 saturated heterocycles. The van der Waals surface area contributed by atoms with Gasteiger partial charge in [-0.1, -0.05) is 0 Å². The van der Waals surface area contributed by atoms with Gasteiger partial charge in [0.25, 0.3) is 0 Å². The maximum atomic E-state index is 11.5. The van der Waals surface area contributed by atoms with Gasteiger partial charge >= 0.3 is 11.8 Å². The third kappa shape index (κ3) is 1.84. The van der Waals surface area contributed by atoms with Crippen molar-refractivity contribution in [1.29, 1.82) is 5.26 Å². The van der Waals surface area contributed by atoms with Crippen LogP contribution in [0.15, 0.2) is 0 Å². The van der Waals surface area contributed by atoms with Crippen molar-refractivity contribution >= 4 is 11.8 Å². The zero-order chi connectivity index (χ0) is 10.7. The molecule has 0 radical (unpaired) electrons. The van der Waals surface area contributed by atoms with Crippen molar-refractivity contribution in [3.8, 4) is 6.07 Å². The van der Waals surface area contributed by atoms with Crippen LogP contribution < -0.4 is 0 Å². The van der Waals surface area contributed by atoms with Crippen LogP contribution in [0.2, 0.25) is 0 Å². The molecule has 0 aromatic rings. The van der Waals surface area contributed by atoms with E-state index in [9.17, 15) is 9.59 Å². The van der Waals surface area contributed by atoms with Crippen LogP contribution >= 0.6 is 0 Å². The molecule has 1 fully saturated rings. The minimum Gasteiger partial charge on any atom is -0.330 e. The summed E-state index contributed by atoms with van der Waals surface area (Å²) in [5.41, 5.74) is 0. The van der Waals surface area contributed by atoms with Crippen molar-refractivity contribution in [1.82, 2.24) is 9.80 Å². The quantitative estimate of drug-likeness (QED) is 0.444. The molecule has 1 heterocycles. The first kappa shape index (κ1) is 10.5. The molecule has 0 spiro atoms. The molecule has 14 heavy (non-hydrogen) atoms. The maximum absolute atomic E-state index is 11.5. The Labute approximate surface area is 82.9 Å². The standard InChI is InChI=1S/C9H13N3O2/c1-7(2)12-6-5-11(4-3-10)8(13)9(12)14/h7H,4-6H2,1-2H3. The first-order valence-corrected chi connectivity index (χ1v) is 4.54. The van der Waals surface area contributed by atoms with Crippen LogP contribution in [0.3, 0.4) is 0 Å². The molecule has 1 aliphatic heterocycles. The molecule has 1 aliphatic rings. The molecule has 0 unspecified atom stereocenters. The average Bonchev–Trinajstić information content (AvgIpc) is 2.13. The van der Waals surface area contributed by atoms with Crippen LogP contribution in [-0.2, 0) is 9.59 Å². The first-order chi connectivity index (χ1) is 6.57. The Kier molecular flexibility index (Phi) is 3.07. The second-order valence-corrected chi connectivity index (χ2v) is 3.48. The van der Waals surface area contributed by atoms with Gasteiger partial charge in [0.2, 0.25) is 0 Å². The molecule has 0 bridgehead atoms. The van der Waals surface area contributed by atoms with E-state index in [0.29, 0.717) is 13.1 Å². The molecule has 0 aliphatic carbocycles. The Morgan fingerprint density at radius 3 is 2.50 bits per heavy atom. The number of amides is 2. The van der Waals surface area contributed by atoms with Gasteiger partial charge in [0.15, 0.2) is 0 Å². The number of carbonyl (C=O) groups is 2. The van der Waals surface area contributed by atoms with Gasteiger partial charge in [0.05, 0.1) is 6.07 Å². The highest BCUT2D eigenvalue weighted by molar-refractivity contribution is 6.35. The molecule has 0 aromatic carbocycles. The van der Waals surface area contributed by atoms with E-state index in [4.69, 9.17) is 5.26 Å². The lowest BCUT2D eigenvalue weighted by molar-refractivity contribution is -0.156. The molecule has 0 N–H and O–H groups in total. The molecular weight excluding hydrogens is 182 g/mol. The molecule has 5 nitrogen and oxygen atoms in total. The van der Waals surface area contributed by atoms with Crippen molar-refractivity contribution < 1.29 is 9.59 Å². The summed E-state index contributed by atoms with van der Waals surface area (Å²) in [4.78, 5) is 25.7. The lowest BCUT2D eigenvalue weighted by Gasteiger charge is -2.34. The Hall–Kier alpha value is -1.57. The number of nitrogens with zero attached hydrogens (tertiary/aromatic N) is 3. The van der Waals surface area contributed by atoms with Gasteiger partial charge in [0, 0.05) is 19.1 Å². The van der Waals surface area contributed by atoms with Crippen molar-refractivity contribution in [2.45, 2.75) is 19.9 Å². The zero-order valence-electron chi connectivity index (χ0n) is 8.36. The third-order valence-electron chi connectivity index (χ3n) is 2.23. The summed E-state index contributed by atoms with van der Waals surface area (Å²) >= 11 is 0. The van der Waals surface area contributed by atoms with Crippen LogP contribution in [0.1, 0.15) is 13.8 Å². The Morgan fingerprint density at radius 2 is 2.00 bits per heavy atom. The minimum absolute atomic E-state index is 0.00346. The Morgan fingerprint density at radius 1 is 1.36 bits per heavy atom. The van der Waals surface area contributed by atoms with E-state index in [2.05, 4.69) is 0 Å². The molecule has 1 rings (SSSR count). The average molecular weight is 195 g/mol. The minimum atomic E-state index is -0.563. The van der Waals surface area contributed by atoms with E-state index < -0.39 is 11.8 Å². The van der Waals surface area contributed by atoms with Gasteiger partial charge in [0.1, 0.15) is 6.54 Å². The highest BCUT2D eigenvalue weighted by Gasteiger charge is 2.33. The SMILES string of the molecule is CC(C)N1CCN(CC#N)C(=O)C1=O. The van der Waals surface area contributed by atoms with E-state index in [-0.39, 0.29) is 12.6 Å². The normalized spacial score (nSPS) is 17.6. The van der Waals surface area contributed by atoms with Crippen LogP contribution in [0.25, 0.3) is 0 Å². The predicted molar refractivity (Wildman–Crippen MR) is 49.0 cm³/mol. The van der Waals surface area contributed by atoms with Gasteiger partial charge in [-0.15, -0.1) is 0 Å². The molecule has 2 amide bonds. The molecule has 5 heteroatoms. The topological polar surface area (TPSA) is 64.4 Å². The fourth-order valence-electron chi connectivity index (χ4n) is 1.42. The van der Waals surface area contributed by atoms with E-state index in [1.807, 2.05) is 19.9 Å². The smallest absolute Gasteiger partial charge is 0.313 e. The predicted octanol–water partition coefficient (Wildman–Crippen LogP) is -0.411. The second-order valence-electron chi connectivity index (χ2n) is 3.48. The van der Waals surface area contributed by atoms with Crippen LogP contribution in [0, 0.1) is 11.3 Å². The zero-order valence-corrected chi connectivity index (χ0v) is 8.36. The first-order valence-electron chi connectivity index (χ1n) is 4.54. The van der Waals surface area contributed by atoms with Gasteiger partial charge in [-0.05, 0) is 13.8 Å². The number of hydrogen-bond acceptors (Lipinski definition) is 3. The van der Waals surface area contributed by atoms with Crippen molar-refractivity contribution in [3.63, 3.8) is 0 Å². The number of piperazine rings is 1. The molecule has 0 atom stereocenters. The van der Waals surface area contributed by atoms with Crippen LogP contribution in [0.5, 0.6) is 0 Å². The monoisotopic (exact) mass is 195 g/mol. The molecule has 0 saturated carbocycles. The van der Waals surface area contributed by atoms with Gasteiger partial charge in [-0.25, -0.2) is 0 Å². The van der Waals surface area contributed by atoms with Crippen molar-refractivity contribution in [2.75, 3.05) is 19.6 Å². The fourth-order valence-corrected chi connectivity index (χ4v) is 1.42. The van der Waals surface area contributed by atoms with Gasteiger partial charge in [-0.2, -0.15) is 5.26 Å². The van der Waals surface area contributed by atoms with Crippen LogP contribution in [-0.4, -0.2) is 47.3 Å². The number of carbonyl (C=O) groups excluding carboxylic acids is 2. The molecular formula is C9H13N3O2. The Bertz CT molecular complexity index is 293. The van der Waals surface area contributed by atoms with E-state index >= 15 is 0 Å². The molecule has 76 valence electrons. The van der Waals surface area contributed by atoms with E-state index in [1.165, 1.54) is 9.80 Å². The van der Waals surface area contributed by atoms with E-state index in [0.717, 1.165) is 0 Å². The number of rotatable bonds is 2. The summed E-state index contributed by atoms with van der Waals surface area (Å²) in [6.07, 6.45) is 0. The van der Waals surface area contributed by atoms with Crippen molar-refractivity contribution in [3.05, 3.63) is 0 Å². The number of hydrogen-bond donors (Lipinski definition) is 0. The summed E-state index contributed by atoms with van der Waals surface area (Å²) in [5, 5.41) is 8.43. The summed E-state index contributed by atoms with van der Waals surface area (Å²) in [6.45, 7) is 4.70. The van der Waals surface area contributed by atoms with E-state index in [1.54, 1.807) is 0 Å². The third-order valence-corrected chi connectivity index (χ3v) is 2.23. The van der Waals surface area contributed by atoms with Gasteiger partial charge in [-0.3, -0.25) is 9.59 Å². The number of nitriles is 1. The highest BCUT2D eigenvalue weighted by Crippen LogP contribution is 2.07. The second kappa shape index (κ2) is 4.09. The Balaban J connectivity index is 2.71.